The van der Waals surface area contributed by atoms with Crippen LogP contribution < -0.4 is 10.1 Å². The summed E-state index contributed by atoms with van der Waals surface area (Å²) >= 11 is 4.22. The minimum Gasteiger partial charge on any atom is -0.494 e. The number of rotatable bonds is 5. The van der Waals surface area contributed by atoms with Crippen LogP contribution >= 0.6 is 23.5 Å². The number of hydrogen-bond acceptors (Lipinski definition) is 4. The standard InChI is InChI=1S/C16H25NOS2/c1-5-18-14-8-6-13(7-9-14)16(17-4)15-10-19-11(2)12(3)20-15/h6-9,11-12,15-17H,5,10H2,1-4H3. The van der Waals surface area contributed by atoms with Gasteiger partial charge in [0, 0.05) is 27.5 Å². The SMILES string of the molecule is CCOc1ccc(C(NC)C2CSC(C)C(C)S2)cc1. The molecule has 1 aromatic rings. The molecule has 0 aromatic heterocycles. The van der Waals surface area contributed by atoms with Gasteiger partial charge in [-0.1, -0.05) is 26.0 Å². The number of nitrogens with one attached hydrogen (secondary N) is 1. The van der Waals surface area contributed by atoms with Crippen LogP contribution in [-0.4, -0.2) is 35.2 Å². The zero-order valence-electron chi connectivity index (χ0n) is 12.8. The fourth-order valence-electron chi connectivity index (χ4n) is 2.49. The van der Waals surface area contributed by atoms with Crippen molar-refractivity contribution in [2.45, 2.75) is 42.6 Å². The number of thioether (sulfide) groups is 2. The Bertz CT molecular complexity index is 409. The van der Waals surface area contributed by atoms with E-state index < -0.39 is 0 Å². The van der Waals surface area contributed by atoms with Crippen molar-refractivity contribution in [2.24, 2.45) is 0 Å². The van der Waals surface area contributed by atoms with Crippen molar-refractivity contribution in [2.75, 3.05) is 19.4 Å². The van der Waals surface area contributed by atoms with Gasteiger partial charge < -0.3 is 10.1 Å². The molecular weight excluding hydrogens is 286 g/mol. The van der Waals surface area contributed by atoms with Crippen LogP contribution in [0.1, 0.15) is 32.4 Å². The fraction of sp³-hybridized carbons (Fsp3) is 0.625. The molecule has 1 heterocycles. The lowest BCUT2D eigenvalue weighted by Gasteiger charge is -2.36. The second kappa shape index (κ2) is 7.62. The van der Waals surface area contributed by atoms with Gasteiger partial charge in [0.1, 0.15) is 5.75 Å². The van der Waals surface area contributed by atoms with E-state index in [1.165, 1.54) is 11.3 Å². The molecule has 0 amide bonds. The van der Waals surface area contributed by atoms with Crippen LogP contribution in [0.3, 0.4) is 0 Å². The summed E-state index contributed by atoms with van der Waals surface area (Å²) < 4.78 is 5.52. The molecular formula is C16H25NOS2. The third kappa shape index (κ3) is 3.86. The monoisotopic (exact) mass is 311 g/mol. The van der Waals surface area contributed by atoms with E-state index in [0.29, 0.717) is 11.3 Å². The summed E-state index contributed by atoms with van der Waals surface area (Å²) in [5, 5.41) is 5.61. The summed E-state index contributed by atoms with van der Waals surface area (Å²) in [7, 11) is 2.06. The maximum atomic E-state index is 5.52. The zero-order valence-corrected chi connectivity index (χ0v) is 14.4. The topological polar surface area (TPSA) is 21.3 Å². The normalized spacial score (nSPS) is 28.1. The Morgan fingerprint density at radius 1 is 1.25 bits per heavy atom. The first kappa shape index (κ1) is 16.1. The molecule has 4 heteroatoms. The molecule has 1 fully saturated rings. The Kier molecular flexibility index (Phi) is 6.12. The number of hydrogen-bond donors (Lipinski definition) is 1. The molecule has 0 bridgehead atoms. The van der Waals surface area contributed by atoms with Gasteiger partial charge in [-0.3, -0.25) is 0 Å². The van der Waals surface area contributed by atoms with Crippen molar-refractivity contribution in [3.63, 3.8) is 0 Å². The average Bonchev–Trinajstić information content (AvgIpc) is 2.46. The Morgan fingerprint density at radius 2 is 1.95 bits per heavy atom. The molecule has 1 saturated heterocycles. The van der Waals surface area contributed by atoms with Gasteiger partial charge in [0.25, 0.3) is 0 Å². The van der Waals surface area contributed by atoms with Crippen molar-refractivity contribution in [1.29, 1.82) is 0 Å². The van der Waals surface area contributed by atoms with Gasteiger partial charge in [-0.15, -0.1) is 0 Å². The van der Waals surface area contributed by atoms with Crippen molar-refractivity contribution < 1.29 is 4.74 Å². The van der Waals surface area contributed by atoms with E-state index in [0.717, 1.165) is 22.9 Å². The van der Waals surface area contributed by atoms with Crippen molar-refractivity contribution in [3.05, 3.63) is 29.8 Å². The molecule has 2 nitrogen and oxygen atoms in total. The summed E-state index contributed by atoms with van der Waals surface area (Å²) in [4.78, 5) is 0. The molecule has 2 rings (SSSR count). The lowest BCUT2D eigenvalue weighted by Crippen LogP contribution is -2.35. The highest BCUT2D eigenvalue weighted by atomic mass is 32.2. The molecule has 0 radical (unpaired) electrons. The summed E-state index contributed by atoms with van der Waals surface area (Å²) in [5.41, 5.74) is 1.36. The van der Waals surface area contributed by atoms with Gasteiger partial charge in [-0.05, 0) is 31.7 Å². The van der Waals surface area contributed by atoms with Gasteiger partial charge in [-0.25, -0.2) is 0 Å². The molecule has 1 aromatic carbocycles. The first-order valence-electron chi connectivity index (χ1n) is 7.32. The average molecular weight is 312 g/mol. The maximum absolute atomic E-state index is 5.52. The fourth-order valence-corrected chi connectivity index (χ4v) is 5.65. The summed E-state index contributed by atoms with van der Waals surface area (Å²) in [6.07, 6.45) is 0. The second-order valence-electron chi connectivity index (χ2n) is 5.19. The quantitative estimate of drug-likeness (QED) is 0.888. The Labute approximate surface area is 131 Å². The maximum Gasteiger partial charge on any atom is 0.119 e. The van der Waals surface area contributed by atoms with E-state index >= 15 is 0 Å². The van der Waals surface area contributed by atoms with Crippen LogP contribution in [0.15, 0.2) is 24.3 Å². The van der Waals surface area contributed by atoms with Crippen LogP contribution in [0.2, 0.25) is 0 Å². The summed E-state index contributed by atoms with van der Waals surface area (Å²) in [6.45, 7) is 7.42. The molecule has 112 valence electrons. The molecule has 20 heavy (non-hydrogen) atoms. The van der Waals surface area contributed by atoms with Crippen LogP contribution in [0.5, 0.6) is 5.75 Å². The molecule has 0 spiro atoms. The molecule has 0 saturated carbocycles. The van der Waals surface area contributed by atoms with Gasteiger partial charge in [-0.2, -0.15) is 23.5 Å². The van der Waals surface area contributed by atoms with Crippen molar-refractivity contribution >= 4 is 23.5 Å². The van der Waals surface area contributed by atoms with Gasteiger partial charge in [0.2, 0.25) is 0 Å². The third-order valence-corrected chi connectivity index (χ3v) is 7.30. The van der Waals surface area contributed by atoms with Gasteiger partial charge in [0.15, 0.2) is 0 Å². The predicted molar refractivity (Wildman–Crippen MR) is 92.2 cm³/mol. The highest BCUT2D eigenvalue weighted by Gasteiger charge is 2.31. The second-order valence-corrected chi connectivity index (χ2v) is 8.22. The minimum absolute atomic E-state index is 0.415. The van der Waals surface area contributed by atoms with Crippen LogP contribution in [0, 0.1) is 0 Å². The van der Waals surface area contributed by atoms with E-state index in [-0.39, 0.29) is 0 Å². The van der Waals surface area contributed by atoms with Gasteiger partial charge in [0.05, 0.1) is 6.61 Å². The largest absolute Gasteiger partial charge is 0.494 e. The molecule has 1 N–H and O–H groups in total. The minimum atomic E-state index is 0.415. The number of ether oxygens (including phenoxy) is 1. The van der Waals surface area contributed by atoms with E-state index in [1.54, 1.807) is 0 Å². The predicted octanol–water partition coefficient (Wildman–Crippen LogP) is 3.97. The Morgan fingerprint density at radius 3 is 2.50 bits per heavy atom. The van der Waals surface area contributed by atoms with Gasteiger partial charge >= 0.3 is 0 Å². The van der Waals surface area contributed by atoms with E-state index in [2.05, 4.69) is 74.0 Å². The van der Waals surface area contributed by atoms with Crippen molar-refractivity contribution in [3.8, 4) is 5.75 Å². The first-order valence-corrected chi connectivity index (χ1v) is 9.32. The third-order valence-electron chi connectivity index (χ3n) is 3.81. The Hall–Kier alpha value is -0.320. The number of benzene rings is 1. The molecule has 1 aliphatic rings. The molecule has 4 atom stereocenters. The summed E-state index contributed by atoms with van der Waals surface area (Å²) in [5.74, 6) is 2.17. The molecule has 4 unspecified atom stereocenters. The van der Waals surface area contributed by atoms with Crippen LogP contribution in [-0.2, 0) is 0 Å². The first-order chi connectivity index (χ1) is 9.65. The summed E-state index contributed by atoms with van der Waals surface area (Å²) in [6, 6.07) is 8.96. The molecule has 0 aliphatic carbocycles. The Balaban J connectivity index is 2.07. The van der Waals surface area contributed by atoms with E-state index in [4.69, 9.17) is 4.74 Å². The lowest BCUT2D eigenvalue weighted by molar-refractivity contribution is 0.340. The lowest BCUT2D eigenvalue weighted by atomic mass is 10.0. The van der Waals surface area contributed by atoms with Crippen molar-refractivity contribution in [1.82, 2.24) is 5.32 Å². The van der Waals surface area contributed by atoms with E-state index in [1.807, 2.05) is 6.92 Å². The zero-order chi connectivity index (χ0) is 14.5. The molecule has 1 aliphatic heterocycles. The van der Waals surface area contributed by atoms with Crippen LogP contribution in [0.25, 0.3) is 0 Å². The smallest absolute Gasteiger partial charge is 0.119 e. The highest BCUT2D eigenvalue weighted by Crippen LogP contribution is 2.41. The van der Waals surface area contributed by atoms with E-state index in [9.17, 15) is 0 Å². The van der Waals surface area contributed by atoms with Crippen LogP contribution in [0.4, 0.5) is 0 Å². The highest BCUT2D eigenvalue weighted by molar-refractivity contribution is 8.07.